The molecule has 5 heteroatoms. The van der Waals surface area contributed by atoms with Crippen LogP contribution in [-0.2, 0) is 0 Å². The summed E-state index contributed by atoms with van der Waals surface area (Å²) in [6.07, 6.45) is 0.796. The van der Waals surface area contributed by atoms with Crippen molar-refractivity contribution in [1.29, 1.82) is 0 Å². The SMILES string of the molecule is CN(C)C(=O)c1cc(N)cc2c1OCCCO2. The summed E-state index contributed by atoms with van der Waals surface area (Å²) >= 11 is 0. The van der Waals surface area contributed by atoms with Gasteiger partial charge in [0.2, 0.25) is 0 Å². The van der Waals surface area contributed by atoms with Gasteiger partial charge in [0, 0.05) is 32.3 Å². The normalized spacial score (nSPS) is 14.0. The first kappa shape index (κ1) is 11.6. The number of rotatable bonds is 1. The second-order valence-electron chi connectivity index (χ2n) is 4.15. The Bertz CT molecular complexity index is 444. The highest BCUT2D eigenvalue weighted by Gasteiger charge is 2.21. The Hall–Kier alpha value is -1.91. The molecule has 0 spiro atoms. The zero-order chi connectivity index (χ0) is 12.4. The standard InChI is InChI=1S/C12H16N2O3/c1-14(2)12(15)9-6-8(13)7-10-11(9)17-5-3-4-16-10/h6-7H,3-5,13H2,1-2H3. The van der Waals surface area contributed by atoms with Gasteiger partial charge in [-0.2, -0.15) is 0 Å². The fraction of sp³-hybridized carbons (Fsp3) is 0.417. The lowest BCUT2D eigenvalue weighted by molar-refractivity contribution is 0.0823. The lowest BCUT2D eigenvalue weighted by Gasteiger charge is -2.16. The molecule has 1 aromatic carbocycles. The largest absolute Gasteiger partial charge is 0.489 e. The van der Waals surface area contributed by atoms with Crippen molar-refractivity contribution in [2.45, 2.75) is 6.42 Å². The number of hydrogen-bond acceptors (Lipinski definition) is 4. The highest BCUT2D eigenvalue weighted by atomic mass is 16.5. The first-order valence-electron chi connectivity index (χ1n) is 5.50. The number of nitrogens with zero attached hydrogens (tertiary/aromatic N) is 1. The summed E-state index contributed by atoms with van der Waals surface area (Å²) in [7, 11) is 3.38. The Morgan fingerprint density at radius 3 is 2.71 bits per heavy atom. The smallest absolute Gasteiger partial charge is 0.257 e. The minimum absolute atomic E-state index is 0.140. The molecule has 0 saturated heterocycles. The van der Waals surface area contributed by atoms with Crippen LogP contribution in [0.5, 0.6) is 11.5 Å². The molecule has 2 rings (SSSR count). The van der Waals surface area contributed by atoms with Crippen LogP contribution in [0.4, 0.5) is 5.69 Å². The van der Waals surface area contributed by atoms with Crippen molar-refractivity contribution >= 4 is 11.6 Å². The molecule has 0 radical (unpaired) electrons. The third-order valence-electron chi connectivity index (χ3n) is 2.51. The van der Waals surface area contributed by atoms with E-state index >= 15 is 0 Å². The molecule has 0 bridgehead atoms. The van der Waals surface area contributed by atoms with E-state index in [0.29, 0.717) is 36.0 Å². The number of fused-ring (bicyclic) bond motifs is 1. The van der Waals surface area contributed by atoms with Crippen LogP contribution in [-0.4, -0.2) is 38.1 Å². The van der Waals surface area contributed by atoms with E-state index in [2.05, 4.69) is 0 Å². The van der Waals surface area contributed by atoms with Crippen LogP contribution in [0.3, 0.4) is 0 Å². The zero-order valence-electron chi connectivity index (χ0n) is 10.0. The molecule has 0 saturated carbocycles. The maximum Gasteiger partial charge on any atom is 0.257 e. The summed E-state index contributed by atoms with van der Waals surface area (Å²) in [5.74, 6) is 0.905. The molecule has 0 aliphatic carbocycles. The molecule has 2 N–H and O–H groups in total. The minimum atomic E-state index is -0.140. The van der Waals surface area contributed by atoms with E-state index in [-0.39, 0.29) is 5.91 Å². The quantitative estimate of drug-likeness (QED) is 0.742. The van der Waals surface area contributed by atoms with Crippen LogP contribution in [0.25, 0.3) is 0 Å². The Balaban J connectivity index is 2.50. The van der Waals surface area contributed by atoms with E-state index in [1.165, 1.54) is 4.90 Å². The van der Waals surface area contributed by atoms with Gasteiger partial charge in [0.15, 0.2) is 11.5 Å². The van der Waals surface area contributed by atoms with Crippen molar-refractivity contribution < 1.29 is 14.3 Å². The van der Waals surface area contributed by atoms with E-state index < -0.39 is 0 Å². The van der Waals surface area contributed by atoms with Crippen molar-refractivity contribution in [3.8, 4) is 11.5 Å². The molecule has 1 amide bonds. The lowest BCUT2D eigenvalue weighted by atomic mass is 10.1. The maximum atomic E-state index is 12.0. The van der Waals surface area contributed by atoms with Gasteiger partial charge in [0.25, 0.3) is 5.91 Å². The van der Waals surface area contributed by atoms with Gasteiger partial charge < -0.3 is 20.1 Å². The monoisotopic (exact) mass is 236 g/mol. The van der Waals surface area contributed by atoms with E-state index in [0.717, 1.165) is 6.42 Å². The summed E-state index contributed by atoms with van der Waals surface area (Å²) in [5.41, 5.74) is 6.72. The summed E-state index contributed by atoms with van der Waals surface area (Å²) < 4.78 is 11.1. The molecule has 92 valence electrons. The van der Waals surface area contributed by atoms with Crippen molar-refractivity contribution in [3.05, 3.63) is 17.7 Å². The average molecular weight is 236 g/mol. The number of nitrogen functional groups attached to an aromatic ring is 1. The molecule has 1 aliphatic rings. The van der Waals surface area contributed by atoms with Gasteiger partial charge in [0.05, 0.1) is 18.8 Å². The Labute approximate surface area is 100 Å². The average Bonchev–Trinajstić information content (AvgIpc) is 2.51. The lowest BCUT2D eigenvalue weighted by Crippen LogP contribution is -2.22. The number of benzene rings is 1. The molecule has 0 unspecified atom stereocenters. The van der Waals surface area contributed by atoms with Gasteiger partial charge in [-0.25, -0.2) is 0 Å². The summed E-state index contributed by atoms with van der Waals surface area (Å²) in [4.78, 5) is 13.5. The predicted octanol–water partition coefficient (Wildman–Crippen LogP) is 1.13. The molecule has 1 heterocycles. The highest BCUT2D eigenvalue weighted by Crippen LogP contribution is 2.36. The van der Waals surface area contributed by atoms with E-state index in [4.69, 9.17) is 15.2 Å². The first-order chi connectivity index (χ1) is 8.09. The fourth-order valence-corrected chi connectivity index (χ4v) is 1.69. The highest BCUT2D eigenvalue weighted by molar-refractivity contribution is 5.98. The topological polar surface area (TPSA) is 64.8 Å². The first-order valence-corrected chi connectivity index (χ1v) is 5.50. The number of carbonyl (C=O) groups excluding carboxylic acids is 1. The molecular weight excluding hydrogens is 220 g/mol. The molecular formula is C12H16N2O3. The summed E-state index contributed by atoms with van der Waals surface area (Å²) in [6.45, 7) is 1.12. The van der Waals surface area contributed by atoms with Gasteiger partial charge in [-0.15, -0.1) is 0 Å². The van der Waals surface area contributed by atoms with Gasteiger partial charge in [0.1, 0.15) is 0 Å². The number of carbonyl (C=O) groups is 1. The van der Waals surface area contributed by atoms with Crippen LogP contribution < -0.4 is 15.2 Å². The van der Waals surface area contributed by atoms with E-state index in [1.54, 1.807) is 26.2 Å². The molecule has 0 aromatic heterocycles. The summed E-state index contributed by atoms with van der Waals surface area (Å²) in [6, 6.07) is 3.31. The molecule has 1 aliphatic heterocycles. The van der Waals surface area contributed by atoms with Gasteiger partial charge in [-0.1, -0.05) is 0 Å². The predicted molar refractivity (Wildman–Crippen MR) is 64.5 cm³/mol. The third kappa shape index (κ3) is 2.27. The molecule has 0 atom stereocenters. The van der Waals surface area contributed by atoms with Crippen LogP contribution in [0.2, 0.25) is 0 Å². The van der Waals surface area contributed by atoms with Crippen LogP contribution >= 0.6 is 0 Å². The van der Waals surface area contributed by atoms with Crippen molar-refractivity contribution in [2.75, 3.05) is 33.0 Å². The number of hydrogen-bond donors (Lipinski definition) is 1. The fourth-order valence-electron chi connectivity index (χ4n) is 1.69. The number of anilines is 1. The Morgan fingerprint density at radius 2 is 2.00 bits per heavy atom. The summed E-state index contributed by atoms with van der Waals surface area (Å²) in [5, 5.41) is 0. The third-order valence-corrected chi connectivity index (χ3v) is 2.51. The number of nitrogens with two attached hydrogens (primary N) is 1. The van der Waals surface area contributed by atoms with E-state index in [1.807, 2.05) is 0 Å². The zero-order valence-corrected chi connectivity index (χ0v) is 10.0. The second kappa shape index (κ2) is 4.53. The van der Waals surface area contributed by atoms with Crippen molar-refractivity contribution in [3.63, 3.8) is 0 Å². The van der Waals surface area contributed by atoms with Gasteiger partial charge >= 0.3 is 0 Å². The van der Waals surface area contributed by atoms with Crippen molar-refractivity contribution in [1.82, 2.24) is 4.90 Å². The van der Waals surface area contributed by atoms with Gasteiger partial charge in [-0.05, 0) is 6.07 Å². The minimum Gasteiger partial charge on any atom is -0.489 e. The van der Waals surface area contributed by atoms with E-state index in [9.17, 15) is 4.79 Å². The Morgan fingerprint density at radius 1 is 1.29 bits per heavy atom. The second-order valence-corrected chi connectivity index (χ2v) is 4.15. The maximum absolute atomic E-state index is 12.0. The molecule has 5 nitrogen and oxygen atoms in total. The number of ether oxygens (including phenoxy) is 2. The van der Waals surface area contributed by atoms with Crippen LogP contribution in [0.1, 0.15) is 16.8 Å². The molecule has 0 fully saturated rings. The Kier molecular flexibility index (Phi) is 3.08. The number of amides is 1. The van der Waals surface area contributed by atoms with Crippen LogP contribution in [0, 0.1) is 0 Å². The molecule has 17 heavy (non-hydrogen) atoms. The van der Waals surface area contributed by atoms with Crippen LogP contribution in [0.15, 0.2) is 12.1 Å². The van der Waals surface area contributed by atoms with Gasteiger partial charge in [-0.3, -0.25) is 4.79 Å². The van der Waals surface area contributed by atoms with Crippen molar-refractivity contribution in [2.24, 2.45) is 0 Å². The molecule has 1 aromatic rings.